The van der Waals surface area contributed by atoms with Crippen molar-refractivity contribution in [3.05, 3.63) is 28.2 Å². The minimum atomic E-state index is -0.697. The van der Waals surface area contributed by atoms with Gasteiger partial charge in [-0.1, -0.05) is 15.9 Å². The van der Waals surface area contributed by atoms with Gasteiger partial charge in [0.05, 0.1) is 0 Å². The second-order valence-corrected chi connectivity index (χ2v) is 4.60. The van der Waals surface area contributed by atoms with Crippen LogP contribution in [-0.2, 0) is 9.59 Å². The molecular weight excluding hydrogens is 307 g/mol. The van der Waals surface area contributed by atoms with Crippen molar-refractivity contribution in [1.29, 1.82) is 0 Å². The van der Waals surface area contributed by atoms with Crippen LogP contribution < -0.4 is 10.6 Å². The van der Waals surface area contributed by atoms with Crippen LogP contribution in [0.2, 0.25) is 0 Å². The van der Waals surface area contributed by atoms with Gasteiger partial charge in [-0.15, -0.1) is 11.6 Å². The molecule has 0 fully saturated rings. The maximum Gasteiger partial charge on any atom is 0.313 e. The van der Waals surface area contributed by atoms with Crippen LogP contribution in [0.25, 0.3) is 0 Å². The maximum absolute atomic E-state index is 11.4. The predicted octanol–water partition coefficient (Wildman–Crippen LogP) is 2.05. The standard InChI is InChI=1S/C11H12BrClN2O2/c1-7-6-8(2-3-9(7)12)15-11(17)10(16)14-5-4-13/h2-3,6H,4-5H2,1H3,(H,14,16)(H,15,17). The molecule has 4 nitrogen and oxygen atoms in total. The predicted molar refractivity (Wildman–Crippen MR) is 71.2 cm³/mol. The second kappa shape index (κ2) is 6.61. The Morgan fingerprint density at radius 1 is 1.35 bits per heavy atom. The number of benzene rings is 1. The normalized spacial score (nSPS) is 9.82. The Kier molecular flexibility index (Phi) is 5.44. The largest absolute Gasteiger partial charge is 0.347 e. The number of nitrogens with one attached hydrogen (secondary N) is 2. The van der Waals surface area contributed by atoms with Gasteiger partial charge in [-0.3, -0.25) is 9.59 Å². The average Bonchev–Trinajstić information content (AvgIpc) is 2.30. The van der Waals surface area contributed by atoms with Gasteiger partial charge in [-0.2, -0.15) is 0 Å². The van der Waals surface area contributed by atoms with E-state index >= 15 is 0 Å². The Labute approximate surface area is 113 Å². The lowest BCUT2D eigenvalue weighted by molar-refractivity contribution is -0.136. The van der Waals surface area contributed by atoms with Crippen LogP contribution in [0.5, 0.6) is 0 Å². The van der Waals surface area contributed by atoms with Gasteiger partial charge >= 0.3 is 11.8 Å². The minimum Gasteiger partial charge on any atom is -0.347 e. The summed E-state index contributed by atoms with van der Waals surface area (Å²) in [6.45, 7) is 2.17. The number of anilines is 1. The Bertz CT molecular complexity index is 437. The molecule has 0 aliphatic heterocycles. The third kappa shape index (κ3) is 4.36. The summed E-state index contributed by atoms with van der Waals surface area (Å²) in [5.74, 6) is -1.11. The van der Waals surface area contributed by atoms with Crippen molar-refractivity contribution in [3.63, 3.8) is 0 Å². The first-order valence-electron chi connectivity index (χ1n) is 4.96. The molecule has 2 amide bonds. The number of halogens is 2. The number of carbonyl (C=O) groups excluding carboxylic acids is 2. The number of amides is 2. The van der Waals surface area contributed by atoms with Crippen molar-refractivity contribution >= 4 is 45.0 Å². The lowest BCUT2D eigenvalue weighted by Crippen LogP contribution is -2.36. The first-order chi connectivity index (χ1) is 8.04. The molecule has 0 radical (unpaired) electrons. The first kappa shape index (κ1) is 14.0. The fourth-order valence-electron chi connectivity index (χ4n) is 1.15. The Balaban J connectivity index is 2.61. The first-order valence-corrected chi connectivity index (χ1v) is 6.28. The van der Waals surface area contributed by atoms with Crippen LogP contribution in [0.4, 0.5) is 5.69 Å². The topological polar surface area (TPSA) is 58.2 Å². The average molecular weight is 320 g/mol. The van der Waals surface area contributed by atoms with Crippen LogP contribution in [0, 0.1) is 6.92 Å². The lowest BCUT2D eigenvalue weighted by atomic mass is 10.2. The molecule has 6 heteroatoms. The summed E-state index contributed by atoms with van der Waals surface area (Å²) in [5.41, 5.74) is 1.56. The highest BCUT2D eigenvalue weighted by molar-refractivity contribution is 9.10. The van der Waals surface area contributed by atoms with E-state index in [1.807, 2.05) is 13.0 Å². The zero-order chi connectivity index (χ0) is 12.8. The van der Waals surface area contributed by atoms with Crippen LogP contribution in [0.1, 0.15) is 5.56 Å². The van der Waals surface area contributed by atoms with Crippen molar-refractivity contribution in [3.8, 4) is 0 Å². The van der Waals surface area contributed by atoms with E-state index in [-0.39, 0.29) is 12.4 Å². The zero-order valence-electron chi connectivity index (χ0n) is 9.22. The van der Waals surface area contributed by atoms with Crippen LogP contribution in [0.15, 0.2) is 22.7 Å². The molecule has 17 heavy (non-hydrogen) atoms. The van der Waals surface area contributed by atoms with Crippen LogP contribution >= 0.6 is 27.5 Å². The van der Waals surface area contributed by atoms with Crippen molar-refractivity contribution in [2.45, 2.75) is 6.92 Å². The molecule has 0 bridgehead atoms. The monoisotopic (exact) mass is 318 g/mol. The SMILES string of the molecule is Cc1cc(NC(=O)C(=O)NCCCl)ccc1Br. The number of carbonyl (C=O) groups is 2. The quantitative estimate of drug-likeness (QED) is 0.662. The van der Waals surface area contributed by atoms with Crippen LogP contribution in [-0.4, -0.2) is 24.2 Å². The molecule has 0 aliphatic rings. The van der Waals surface area contributed by atoms with Gasteiger partial charge in [0.1, 0.15) is 0 Å². The summed E-state index contributed by atoms with van der Waals surface area (Å²) >= 11 is 8.75. The Hall–Kier alpha value is -1.07. The molecule has 0 saturated heterocycles. The molecule has 0 aliphatic carbocycles. The highest BCUT2D eigenvalue weighted by Crippen LogP contribution is 2.19. The van der Waals surface area contributed by atoms with Gasteiger partial charge < -0.3 is 10.6 Å². The summed E-state index contributed by atoms with van der Waals surface area (Å²) < 4.78 is 0.946. The molecule has 1 rings (SSSR count). The molecule has 1 aromatic carbocycles. The van der Waals surface area contributed by atoms with E-state index in [0.29, 0.717) is 5.69 Å². The van der Waals surface area contributed by atoms with Gasteiger partial charge in [0.2, 0.25) is 0 Å². The van der Waals surface area contributed by atoms with E-state index in [2.05, 4.69) is 26.6 Å². The summed E-state index contributed by atoms with van der Waals surface area (Å²) in [5, 5.41) is 4.89. The molecule has 1 aromatic rings. The summed E-state index contributed by atoms with van der Waals surface area (Å²) in [4.78, 5) is 22.7. The number of hydrogen-bond donors (Lipinski definition) is 2. The third-order valence-electron chi connectivity index (χ3n) is 2.00. The van der Waals surface area contributed by atoms with Crippen molar-refractivity contribution < 1.29 is 9.59 Å². The van der Waals surface area contributed by atoms with Gasteiger partial charge in [-0.25, -0.2) is 0 Å². The lowest BCUT2D eigenvalue weighted by Gasteiger charge is -2.07. The van der Waals surface area contributed by atoms with Gasteiger partial charge in [-0.05, 0) is 30.7 Å². The van der Waals surface area contributed by atoms with Gasteiger partial charge in [0.25, 0.3) is 0 Å². The Morgan fingerprint density at radius 3 is 2.65 bits per heavy atom. The van der Waals surface area contributed by atoms with E-state index in [1.54, 1.807) is 12.1 Å². The number of alkyl halides is 1. The van der Waals surface area contributed by atoms with E-state index in [4.69, 9.17) is 11.6 Å². The van der Waals surface area contributed by atoms with Gasteiger partial charge in [0, 0.05) is 22.6 Å². The smallest absolute Gasteiger partial charge is 0.313 e. The number of rotatable bonds is 3. The summed E-state index contributed by atoms with van der Waals surface area (Å²) in [7, 11) is 0. The summed E-state index contributed by atoms with van der Waals surface area (Å²) in [6.07, 6.45) is 0. The van der Waals surface area contributed by atoms with Crippen molar-refractivity contribution in [1.82, 2.24) is 5.32 Å². The molecule has 0 unspecified atom stereocenters. The van der Waals surface area contributed by atoms with E-state index < -0.39 is 11.8 Å². The molecule has 0 aromatic heterocycles. The maximum atomic E-state index is 11.4. The Morgan fingerprint density at radius 2 is 2.06 bits per heavy atom. The molecule has 0 atom stereocenters. The van der Waals surface area contributed by atoms with Crippen molar-refractivity contribution in [2.24, 2.45) is 0 Å². The van der Waals surface area contributed by atoms with E-state index in [0.717, 1.165) is 10.0 Å². The molecule has 0 saturated carbocycles. The van der Waals surface area contributed by atoms with Crippen LogP contribution in [0.3, 0.4) is 0 Å². The molecule has 2 N–H and O–H groups in total. The number of hydrogen-bond acceptors (Lipinski definition) is 2. The highest BCUT2D eigenvalue weighted by atomic mass is 79.9. The van der Waals surface area contributed by atoms with Crippen molar-refractivity contribution in [2.75, 3.05) is 17.7 Å². The van der Waals surface area contributed by atoms with Gasteiger partial charge in [0.15, 0.2) is 0 Å². The number of aryl methyl sites for hydroxylation is 1. The van der Waals surface area contributed by atoms with E-state index in [9.17, 15) is 9.59 Å². The molecular formula is C11H12BrClN2O2. The highest BCUT2D eigenvalue weighted by Gasteiger charge is 2.12. The fraction of sp³-hybridized carbons (Fsp3) is 0.273. The molecule has 0 spiro atoms. The zero-order valence-corrected chi connectivity index (χ0v) is 11.6. The summed E-state index contributed by atoms with van der Waals surface area (Å²) in [6, 6.07) is 5.29. The molecule has 0 heterocycles. The minimum absolute atomic E-state index is 0.271. The second-order valence-electron chi connectivity index (χ2n) is 3.36. The fourth-order valence-corrected chi connectivity index (χ4v) is 1.49. The third-order valence-corrected chi connectivity index (χ3v) is 3.08. The van der Waals surface area contributed by atoms with E-state index in [1.165, 1.54) is 0 Å². The molecule has 92 valence electrons.